The summed E-state index contributed by atoms with van der Waals surface area (Å²) in [5, 5.41) is 2.62. The number of carbonyl (C=O) groups excluding carboxylic acids is 2. The van der Waals surface area contributed by atoms with Gasteiger partial charge in [0.1, 0.15) is 6.54 Å². The minimum atomic E-state index is -0.390. The summed E-state index contributed by atoms with van der Waals surface area (Å²) in [6.07, 6.45) is 3.61. The molecule has 1 aromatic rings. The molecule has 0 unspecified atom stereocenters. The van der Waals surface area contributed by atoms with Crippen molar-refractivity contribution in [1.29, 1.82) is 0 Å². The van der Waals surface area contributed by atoms with Crippen molar-refractivity contribution in [1.82, 2.24) is 15.1 Å². The number of benzene rings is 1. The first-order valence-electron chi connectivity index (χ1n) is 9.62. The van der Waals surface area contributed by atoms with Gasteiger partial charge in [-0.25, -0.2) is 4.79 Å². The summed E-state index contributed by atoms with van der Waals surface area (Å²) in [7, 11) is 0. The van der Waals surface area contributed by atoms with Gasteiger partial charge in [0.25, 0.3) is 0 Å². The highest BCUT2D eigenvalue weighted by atomic mass is 16.5. The Kier molecular flexibility index (Phi) is 6.50. The number of carbonyl (C=O) groups is 2. The largest absolute Gasteiger partial charge is 0.465 e. The molecule has 2 aliphatic heterocycles. The van der Waals surface area contributed by atoms with E-state index in [2.05, 4.69) is 40.5 Å². The third kappa shape index (κ3) is 4.97. The summed E-state index contributed by atoms with van der Waals surface area (Å²) in [5.41, 5.74) is 1.43. The van der Waals surface area contributed by atoms with Crippen molar-refractivity contribution in [3.8, 4) is 0 Å². The van der Waals surface area contributed by atoms with Crippen molar-refractivity contribution in [2.24, 2.45) is 5.92 Å². The number of piperidine rings is 1. The Morgan fingerprint density at radius 1 is 1.15 bits per heavy atom. The molecule has 0 radical (unpaired) electrons. The van der Waals surface area contributed by atoms with Gasteiger partial charge >= 0.3 is 12.0 Å². The second-order valence-corrected chi connectivity index (χ2v) is 7.19. The maximum Gasteiger partial charge on any atom is 0.325 e. The van der Waals surface area contributed by atoms with Gasteiger partial charge in [0.15, 0.2) is 0 Å². The van der Waals surface area contributed by atoms with Crippen LogP contribution in [0.4, 0.5) is 4.79 Å². The zero-order valence-corrected chi connectivity index (χ0v) is 15.5. The molecule has 3 rings (SSSR count). The molecule has 2 fully saturated rings. The van der Waals surface area contributed by atoms with E-state index in [4.69, 9.17) is 4.74 Å². The molecule has 0 bridgehead atoms. The number of nitrogens with one attached hydrogen (secondary N) is 1. The fourth-order valence-electron chi connectivity index (χ4n) is 3.79. The van der Waals surface area contributed by atoms with Crippen LogP contribution in [0.5, 0.6) is 0 Å². The Balaban J connectivity index is 1.33. The van der Waals surface area contributed by atoms with Crippen molar-refractivity contribution >= 4 is 12.0 Å². The summed E-state index contributed by atoms with van der Waals surface area (Å²) >= 11 is 0. The zero-order valence-electron chi connectivity index (χ0n) is 15.5. The van der Waals surface area contributed by atoms with E-state index < -0.39 is 5.97 Å². The van der Waals surface area contributed by atoms with Gasteiger partial charge in [-0.15, -0.1) is 0 Å². The van der Waals surface area contributed by atoms with Crippen LogP contribution in [0.15, 0.2) is 30.3 Å². The molecular weight excluding hydrogens is 330 g/mol. The van der Waals surface area contributed by atoms with E-state index in [9.17, 15) is 9.59 Å². The number of rotatable bonds is 6. The van der Waals surface area contributed by atoms with E-state index in [-0.39, 0.29) is 12.6 Å². The monoisotopic (exact) mass is 359 g/mol. The van der Waals surface area contributed by atoms with Crippen LogP contribution in [-0.4, -0.2) is 67.2 Å². The van der Waals surface area contributed by atoms with Gasteiger partial charge < -0.3 is 15.0 Å². The number of hydrogen-bond donors (Lipinski definition) is 1. The molecule has 0 saturated carbocycles. The van der Waals surface area contributed by atoms with Crippen LogP contribution in [-0.2, 0) is 16.0 Å². The second-order valence-electron chi connectivity index (χ2n) is 7.19. The van der Waals surface area contributed by atoms with Crippen molar-refractivity contribution in [3.05, 3.63) is 35.9 Å². The molecule has 0 atom stereocenters. The molecule has 2 heterocycles. The molecular formula is C20H29N3O3. The van der Waals surface area contributed by atoms with E-state index in [1.54, 1.807) is 11.8 Å². The predicted molar refractivity (Wildman–Crippen MR) is 99.8 cm³/mol. The minimum Gasteiger partial charge on any atom is -0.465 e. The van der Waals surface area contributed by atoms with Crippen molar-refractivity contribution in [3.63, 3.8) is 0 Å². The van der Waals surface area contributed by atoms with Gasteiger partial charge in [-0.3, -0.25) is 9.69 Å². The SMILES string of the molecule is CCOC(=O)CNC(=O)N1CC(N2CCC(Cc3ccccc3)CC2)C1. The normalized spacial score (nSPS) is 19.0. The first kappa shape index (κ1) is 18.7. The highest BCUT2D eigenvalue weighted by Gasteiger charge is 2.36. The maximum absolute atomic E-state index is 12.0. The van der Waals surface area contributed by atoms with E-state index >= 15 is 0 Å². The van der Waals surface area contributed by atoms with Crippen molar-refractivity contribution in [2.45, 2.75) is 32.2 Å². The lowest BCUT2D eigenvalue weighted by molar-refractivity contribution is -0.141. The number of ether oxygens (including phenoxy) is 1. The number of urea groups is 1. The highest BCUT2D eigenvalue weighted by molar-refractivity contribution is 5.81. The third-order valence-corrected chi connectivity index (χ3v) is 5.37. The molecule has 0 aliphatic carbocycles. The van der Waals surface area contributed by atoms with Crippen LogP contribution in [0.3, 0.4) is 0 Å². The molecule has 2 aliphatic rings. The molecule has 2 saturated heterocycles. The number of amides is 2. The van der Waals surface area contributed by atoms with Crippen molar-refractivity contribution < 1.29 is 14.3 Å². The standard InChI is InChI=1S/C20H29N3O3/c1-2-26-19(24)13-21-20(25)23-14-18(15-23)22-10-8-17(9-11-22)12-16-6-4-3-5-7-16/h3-7,17-18H,2,8-15H2,1H3,(H,21,25). The molecule has 142 valence electrons. The third-order valence-electron chi connectivity index (χ3n) is 5.37. The first-order valence-corrected chi connectivity index (χ1v) is 9.62. The quantitative estimate of drug-likeness (QED) is 0.788. The van der Waals surface area contributed by atoms with Crippen LogP contribution in [0.2, 0.25) is 0 Å². The van der Waals surface area contributed by atoms with Crippen molar-refractivity contribution in [2.75, 3.05) is 39.3 Å². The van der Waals surface area contributed by atoms with Gasteiger partial charge in [0, 0.05) is 19.1 Å². The Labute approximate surface area is 155 Å². The highest BCUT2D eigenvalue weighted by Crippen LogP contribution is 2.25. The topological polar surface area (TPSA) is 61.9 Å². The maximum atomic E-state index is 12.0. The van der Waals surface area contributed by atoms with Crippen LogP contribution < -0.4 is 5.32 Å². The molecule has 6 heteroatoms. The molecule has 2 amide bonds. The van der Waals surface area contributed by atoms with E-state index in [1.165, 1.54) is 24.8 Å². The number of hydrogen-bond acceptors (Lipinski definition) is 4. The first-order chi connectivity index (χ1) is 12.7. The van der Waals surface area contributed by atoms with E-state index in [1.807, 2.05) is 0 Å². The Bertz CT molecular complexity index is 594. The van der Waals surface area contributed by atoms with Crippen LogP contribution in [0.25, 0.3) is 0 Å². The van der Waals surface area contributed by atoms with Gasteiger partial charge in [-0.2, -0.15) is 0 Å². The second kappa shape index (κ2) is 9.03. The molecule has 0 spiro atoms. The van der Waals surface area contributed by atoms with Crippen LogP contribution in [0, 0.1) is 5.92 Å². The summed E-state index contributed by atoms with van der Waals surface area (Å²) in [4.78, 5) is 27.6. The van der Waals surface area contributed by atoms with Gasteiger partial charge in [0.2, 0.25) is 0 Å². The van der Waals surface area contributed by atoms with Gasteiger partial charge in [0.05, 0.1) is 6.61 Å². The minimum absolute atomic E-state index is 0.0568. The smallest absolute Gasteiger partial charge is 0.325 e. The average Bonchev–Trinajstić information content (AvgIpc) is 2.61. The fourth-order valence-corrected chi connectivity index (χ4v) is 3.79. The number of likely N-dealkylation sites (tertiary alicyclic amines) is 2. The lowest BCUT2D eigenvalue weighted by Crippen LogP contribution is -2.64. The summed E-state index contributed by atoms with van der Waals surface area (Å²) in [5.74, 6) is 0.371. The summed E-state index contributed by atoms with van der Waals surface area (Å²) < 4.78 is 4.81. The molecule has 0 aromatic heterocycles. The molecule has 1 aromatic carbocycles. The molecule has 6 nitrogen and oxygen atoms in total. The molecule has 26 heavy (non-hydrogen) atoms. The number of nitrogens with zero attached hydrogens (tertiary/aromatic N) is 2. The van der Waals surface area contributed by atoms with E-state index in [0.717, 1.165) is 32.1 Å². The predicted octanol–water partition coefficient (Wildman–Crippen LogP) is 1.90. The Hall–Kier alpha value is -2.08. The lowest BCUT2D eigenvalue weighted by Gasteiger charge is -2.47. The summed E-state index contributed by atoms with van der Waals surface area (Å²) in [6.45, 7) is 5.75. The Morgan fingerprint density at radius 2 is 1.85 bits per heavy atom. The van der Waals surface area contributed by atoms with Gasteiger partial charge in [-0.05, 0) is 50.8 Å². The fraction of sp³-hybridized carbons (Fsp3) is 0.600. The zero-order chi connectivity index (χ0) is 18.4. The molecule has 1 N–H and O–H groups in total. The van der Waals surface area contributed by atoms with Crippen LogP contribution >= 0.6 is 0 Å². The number of esters is 1. The Morgan fingerprint density at radius 3 is 2.50 bits per heavy atom. The lowest BCUT2D eigenvalue weighted by atomic mass is 9.89. The van der Waals surface area contributed by atoms with E-state index in [0.29, 0.717) is 12.6 Å². The summed E-state index contributed by atoms with van der Waals surface area (Å²) in [6, 6.07) is 11.0. The van der Waals surface area contributed by atoms with Gasteiger partial charge in [-0.1, -0.05) is 30.3 Å². The average molecular weight is 359 g/mol. The van der Waals surface area contributed by atoms with Crippen LogP contribution in [0.1, 0.15) is 25.3 Å².